The number of aromatic hydroxyl groups is 1. The fourth-order valence-electron chi connectivity index (χ4n) is 1.56. The van der Waals surface area contributed by atoms with Crippen LogP contribution in [0.2, 0.25) is 0 Å². The lowest BCUT2D eigenvalue weighted by molar-refractivity contribution is 0.474. The number of nitrogens with zero attached hydrogens (tertiary/aromatic N) is 1. The molecule has 0 saturated heterocycles. The molecule has 2 nitrogen and oxygen atoms in total. The van der Waals surface area contributed by atoms with Crippen molar-refractivity contribution in [3.63, 3.8) is 0 Å². The van der Waals surface area contributed by atoms with Crippen LogP contribution in [-0.4, -0.2) is 17.1 Å². The Morgan fingerprint density at radius 3 is 2.56 bits per heavy atom. The molecule has 0 aliphatic carbocycles. The predicted octanol–water partition coefficient (Wildman–Crippen LogP) is 2.99. The monoisotopic (exact) mass is 213 g/mol. The van der Waals surface area contributed by atoms with Crippen LogP contribution >= 0.6 is 0 Å². The van der Waals surface area contributed by atoms with Crippen LogP contribution in [0.5, 0.6) is 5.75 Å². The standard InChI is InChI=1S/C14H15NO/c1-15-10-8-12(9-11-15)6-7-13-4-2-3-5-14(13)16/h2-12,16H,1H3/b7-6-. The van der Waals surface area contributed by atoms with Gasteiger partial charge in [-0.15, -0.1) is 0 Å². The summed E-state index contributed by atoms with van der Waals surface area (Å²) in [5.41, 5.74) is 0.850. The second kappa shape index (κ2) is 4.71. The van der Waals surface area contributed by atoms with E-state index < -0.39 is 0 Å². The van der Waals surface area contributed by atoms with E-state index in [9.17, 15) is 5.11 Å². The molecule has 0 bridgehead atoms. The number of phenolic OH excluding ortho intramolecular Hbond substituents is 1. The molecule has 16 heavy (non-hydrogen) atoms. The van der Waals surface area contributed by atoms with E-state index in [1.807, 2.05) is 48.6 Å². The minimum Gasteiger partial charge on any atom is -0.507 e. The van der Waals surface area contributed by atoms with Crippen LogP contribution in [0.3, 0.4) is 0 Å². The Balaban J connectivity index is 2.08. The van der Waals surface area contributed by atoms with Crippen LogP contribution < -0.4 is 0 Å². The highest BCUT2D eigenvalue weighted by atomic mass is 16.3. The molecule has 1 N–H and O–H groups in total. The second-order valence-electron chi connectivity index (χ2n) is 3.84. The maximum Gasteiger partial charge on any atom is 0.122 e. The molecule has 0 aromatic heterocycles. The van der Waals surface area contributed by atoms with Crippen LogP contribution in [-0.2, 0) is 0 Å². The Morgan fingerprint density at radius 2 is 1.88 bits per heavy atom. The number of phenols is 1. The quantitative estimate of drug-likeness (QED) is 0.816. The van der Waals surface area contributed by atoms with Crippen molar-refractivity contribution in [1.29, 1.82) is 0 Å². The first kappa shape index (κ1) is 10.6. The highest BCUT2D eigenvalue weighted by Gasteiger charge is 2.01. The second-order valence-corrected chi connectivity index (χ2v) is 3.84. The van der Waals surface area contributed by atoms with Crippen molar-refractivity contribution in [3.8, 4) is 5.75 Å². The Hall–Kier alpha value is -1.96. The van der Waals surface area contributed by atoms with E-state index in [0.29, 0.717) is 11.7 Å². The highest BCUT2D eigenvalue weighted by molar-refractivity contribution is 5.57. The summed E-state index contributed by atoms with van der Waals surface area (Å²) in [6.45, 7) is 0. The lowest BCUT2D eigenvalue weighted by Crippen LogP contribution is -2.06. The third-order valence-corrected chi connectivity index (χ3v) is 2.52. The molecule has 0 amide bonds. The zero-order valence-electron chi connectivity index (χ0n) is 9.25. The van der Waals surface area contributed by atoms with Gasteiger partial charge < -0.3 is 10.0 Å². The van der Waals surface area contributed by atoms with Crippen LogP contribution in [0.25, 0.3) is 6.08 Å². The Kier molecular flexibility index (Phi) is 3.10. The van der Waals surface area contributed by atoms with Crippen LogP contribution in [0.1, 0.15) is 5.56 Å². The van der Waals surface area contributed by atoms with Crippen molar-refractivity contribution in [2.24, 2.45) is 5.92 Å². The van der Waals surface area contributed by atoms with Gasteiger partial charge in [0, 0.05) is 30.9 Å². The highest BCUT2D eigenvalue weighted by Crippen LogP contribution is 2.19. The van der Waals surface area contributed by atoms with Gasteiger partial charge in [0.2, 0.25) is 0 Å². The lowest BCUT2D eigenvalue weighted by Gasteiger charge is -2.14. The molecule has 0 unspecified atom stereocenters. The smallest absolute Gasteiger partial charge is 0.122 e. The van der Waals surface area contributed by atoms with Gasteiger partial charge in [-0.2, -0.15) is 0 Å². The van der Waals surface area contributed by atoms with Crippen LogP contribution in [0.4, 0.5) is 0 Å². The Bertz CT molecular complexity index is 432. The first-order chi connectivity index (χ1) is 7.75. The van der Waals surface area contributed by atoms with Crippen LogP contribution in [0, 0.1) is 5.92 Å². The fraction of sp³-hybridized carbons (Fsp3) is 0.143. The molecule has 0 fully saturated rings. The summed E-state index contributed by atoms with van der Waals surface area (Å²) < 4.78 is 0. The third-order valence-electron chi connectivity index (χ3n) is 2.52. The molecule has 1 heterocycles. The molecular weight excluding hydrogens is 198 g/mol. The summed E-state index contributed by atoms with van der Waals surface area (Å²) in [7, 11) is 2.00. The van der Waals surface area contributed by atoms with E-state index in [-0.39, 0.29) is 0 Å². The predicted molar refractivity (Wildman–Crippen MR) is 66.7 cm³/mol. The van der Waals surface area contributed by atoms with Gasteiger partial charge in [-0.25, -0.2) is 0 Å². The summed E-state index contributed by atoms with van der Waals surface area (Å²) in [6.07, 6.45) is 12.3. The van der Waals surface area contributed by atoms with Gasteiger partial charge >= 0.3 is 0 Å². The number of rotatable bonds is 2. The minimum absolute atomic E-state index is 0.302. The number of allylic oxidation sites excluding steroid dienone is 3. The largest absolute Gasteiger partial charge is 0.507 e. The summed E-state index contributed by atoms with van der Waals surface area (Å²) in [4.78, 5) is 2.00. The van der Waals surface area contributed by atoms with E-state index in [1.54, 1.807) is 6.07 Å². The van der Waals surface area contributed by atoms with Crippen molar-refractivity contribution < 1.29 is 5.11 Å². The minimum atomic E-state index is 0.302. The van der Waals surface area contributed by atoms with Crippen LogP contribution in [0.15, 0.2) is 54.9 Å². The summed E-state index contributed by atoms with van der Waals surface area (Å²) in [5.74, 6) is 0.621. The molecule has 1 aromatic carbocycles. The summed E-state index contributed by atoms with van der Waals surface area (Å²) >= 11 is 0. The van der Waals surface area contributed by atoms with Gasteiger partial charge in [-0.3, -0.25) is 0 Å². The molecule has 2 heteroatoms. The molecule has 0 radical (unpaired) electrons. The molecular formula is C14H15NO. The normalized spacial score (nSPS) is 16.2. The Morgan fingerprint density at radius 1 is 1.19 bits per heavy atom. The first-order valence-corrected chi connectivity index (χ1v) is 5.30. The SMILES string of the molecule is CN1C=CC(/C=C\c2ccccc2O)C=C1. The van der Waals surface area contributed by atoms with E-state index in [2.05, 4.69) is 18.2 Å². The molecule has 0 spiro atoms. The van der Waals surface area contributed by atoms with Gasteiger partial charge in [0.15, 0.2) is 0 Å². The molecule has 0 saturated carbocycles. The Labute approximate surface area is 95.8 Å². The third kappa shape index (κ3) is 2.54. The summed E-state index contributed by atoms with van der Waals surface area (Å²) in [5, 5.41) is 9.59. The van der Waals surface area contributed by atoms with Crippen molar-refractivity contribution in [3.05, 3.63) is 60.5 Å². The van der Waals surface area contributed by atoms with Crippen molar-refractivity contribution in [1.82, 2.24) is 4.90 Å². The first-order valence-electron chi connectivity index (χ1n) is 5.30. The van der Waals surface area contributed by atoms with Gasteiger partial charge in [-0.1, -0.05) is 42.5 Å². The zero-order valence-corrected chi connectivity index (χ0v) is 9.25. The van der Waals surface area contributed by atoms with E-state index in [0.717, 1.165) is 5.56 Å². The molecule has 1 aliphatic heterocycles. The number of benzene rings is 1. The lowest BCUT2D eigenvalue weighted by atomic mass is 10.1. The average molecular weight is 213 g/mol. The molecule has 1 aromatic rings. The van der Waals surface area contributed by atoms with Crippen molar-refractivity contribution in [2.75, 3.05) is 7.05 Å². The zero-order chi connectivity index (χ0) is 11.4. The van der Waals surface area contributed by atoms with Crippen molar-refractivity contribution in [2.45, 2.75) is 0 Å². The fourth-order valence-corrected chi connectivity index (χ4v) is 1.56. The van der Waals surface area contributed by atoms with Gasteiger partial charge in [0.25, 0.3) is 0 Å². The molecule has 0 atom stereocenters. The van der Waals surface area contributed by atoms with E-state index >= 15 is 0 Å². The number of hydrogen-bond donors (Lipinski definition) is 1. The molecule has 2 rings (SSSR count). The molecule has 1 aliphatic rings. The average Bonchev–Trinajstić information content (AvgIpc) is 2.30. The maximum atomic E-state index is 9.59. The maximum absolute atomic E-state index is 9.59. The van der Waals surface area contributed by atoms with Gasteiger partial charge in [0.1, 0.15) is 5.75 Å². The number of para-hydroxylation sites is 1. The van der Waals surface area contributed by atoms with Crippen molar-refractivity contribution >= 4 is 6.08 Å². The van der Waals surface area contributed by atoms with Gasteiger partial charge in [-0.05, 0) is 6.07 Å². The summed E-state index contributed by atoms with van der Waals surface area (Å²) in [6, 6.07) is 7.33. The van der Waals surface area contributed by atoms with E-state index in [4.69, 9.17) is 0 Å². The van der Waals surface area contributed by atoms with Gasteiger partial charge in [0.05, 0.1) is 0 Å². The number of hydrogen-bond acceptors (Lipinski definition) is 2. The topological polar surface area (TPSA) is 23.5 Å². The molecule has 82 valence electrons. The van der Waals surface area contributed by atoms with E-state index in [1.165, 1.54) is 0 Å².